The SMILES string of the molecule is C[C@H](C(=O)Nc1ccc(F)cc1)C12CC(NC(=O)c3ccc(F)c(F)c3)(C1)C2. The van der Waals surface area contributed by atoms with Gasteiger partial charge in [0.2, 0.25) is 5.91 Å². The van der Waals surface area contributed by atoms with E-state index in [1.54, 1.807) is 0 Å². The van der Waals surface area contributed by atoms with Crippen molar-refractivity contribution < 1.29 is 22.8 Å². The van der Waals surface area contributed by atoms with Crippen LogP contribution >= 0.6 is 0 Å². The van der Waals surface area contributed by atoms with Crippen LogP contribution in [-0.2, 0) is 4.79 Å². The number of benzene rings is 2. The molecular weight excluding hydrogens is 369 g/mol. The summed E-state index contributed by atoms with van der Waals surface area (Å²) in [6.45, 7) is 1.85. The molecule has 3 aliphatic rings. The van der Waals surface area contributed by atoms with Gasteiger partial charge in [-0.15, -0.1) is 0 Å². The molecule has 2 bridgehead atoms. The first-order chi connectivity index (χ1) is 13.2. The number of carbonyl (C=O) groups is 2. The lowest BCUT2D eigenvalue weighted by molar-refractivity contribution is -0.184. The Kier molecular flexibility index (Phi) is 4.21. The summed E-state index contributed by atoms with van der Waals surface area (Å²) >= 11 is 0. The van der Waals surface area contributed by atoms with Crippen LogP contribution in [0.2, 0.25) is 0 Å². The van der Waals surface area contributed by atoms with Crippen LogP contribution in [0.4, 0.5) is 18.9 Å². The maximum atomic E-state index is 13.3. The monoisotopic (exact) mass is 388 g/mol. The quantitative estimate of drug-likeness (QED) is 0.813. The second-order valence-electron chi connectivity index (χ2n) is 7.97. The van der Waals surface area contributed by atoms with E-state index in [1.165, 1.54) is 30.3 Å². The van der Waals surface area contributed by atoms with Crippen LogP contribution in [0.5, 0.6) is 0 Å². The molecule has 0 heterocycles. The van der Waals surface area contributed by atoms with Crippen molar-refractivity contribution in [2.75, 3.05) is 5.32 Å². The van der Waals surface area contributed by atoms with E-state index in [4.69, 9.17) is 0 Å². The summed E-state index contributed by atoms with van der Waals surface area (Å²) < 4.78 is 39.3. The largest absolute Gasteiger partial charge is 0.347 e. The van der Waals surface area contributed by atoms with E-state index in [1.807, 2.05) is 6.92 Å². The summed E-state index contributed by atoms with van der Waals surface area (Å²) in [5.41, 5.74) is 0.0450. The molecule has 0 saturated heterocycles. The molecular formula is C21H19F3N2O2. The lowest BCUT2D eigenvalue weighted by atomic mass is 9.36. The van der Waals surface area contributed by atoms with E-state index >= 15 is 0 Å². The molecule has 146 valence electrons. The molecule has 2 aromatic carbocycles. The van der Waals surface area contributed by atoms with Gasteiger partial charge in [-0.1, -0.05) is 6.92 Å². The number of halogens is 3. The van der Waals surface area contributed by atoms with Crippen molar-refractivity contribution >= 4 is 17.5 Å². The highest BCUT2D eigenvalue weighted by molar-refractivity contribution is 5.96. The van der Waals surface area contributed by atoms with E-state index < -0.39 is 17.5 Å². The second kappa shape index (κ2) is 6.36. The van der Waals surface area contributed by atoms with Crippen molar-refractivity contribution in [1.29, 1.82) is 0 Å². The van der Waals surface area contributed by atoms with Gasteiger partial charge in [-0.2, -0.15) is 0 Å². The average molecular weight is 388 g/mol. The molecule has 2 N–H and O–H groups in total. The Balaban J connectivity index is 1.34. The van der Waals surface area contributed by atoms with Gasteiger partial charge in [0.25, 0.3) is 5.91 Å². The normalized spacial score (nSPS) is 25.9. The van der Waals surface area contributed by atoms with Crippen molar-refractivity contribution in [2.24, 2.45) is 11.3 Å². The van der Waals surface area contributed by atoms with E-state index in [-0.39, 0.29) is 34.2 Å². The number of carbonyl (C=O) groups excluding carboxylic acids is 2. The lowest BCUT2D eigenvalue weighted by Gasteiger charge is -2.72. The molecule has 0 spiro atoms. The number of rotatable bonds is 5. The van der Waals surface area contributed by atoms with Crippen LogP contribution in [0, 0.1) is 28.8 Å². The summed E-state index contributed by atoms with van der Waals surface area (Å²) in [5, 5.41) is 5.68. The maximum Gasteiger partial charge on any atom is 0.251 e. The van der Waals surface area contributed by atoms with E-state index in [0.29, 0.717) is 24.9 Å². The van der Waals surface area contributed by atoms with Crippen LogP contribution in [0.1, 0.15) is 36.5 Å². The summed E-state index contributed by atoms with van der Waals surface area (Å²) in [4.78, 5) is 24.8. The third-order valence-electron chi connectivity index (χ3n) is 6.06. The van der Waals surface area contributed by atoms with Gasteiger partial charge in [0.1, 0.15) is 5.82 Å². The molecule has 3 saturated carbocycles. The minimum absolute atomic E-state index is 0.0692. The van der Waals surface area contributed by atoms with Crippen molar-refractivity contribution in [3.63, 3.8) is 0 Å². The van der Waals surface area contributed by atoms with Crippen LogP contribution < -0.4 is 10.6 Å². The lowest BCUT2D eigenvalue weighted by Crippen LogP contribution is -2.77. The van der Waals surface area contributed by atoms with E-state index in [0.717, 1.165) is 12.1 Å². The van der Waals surface area contributed by atoms with Crippen molar-refractivity contribution in [3.8, 4) is 0 Å². The number of amides is 2. The number of anilines is 1. The molecule has 0 aromatic heterocycles. The maximum absolute atomic E-state index is 13.3. The predicted octanol–water partition coefficient (Wildman–Crippen LogP) is 4.03. The number of hydrogen-bond acceptors (Lipinski definition) is 2. The van der Waals surface area contributed by atoms with Crippen molar-refractivity contribution in [3.05, 3.63) is 65.5 Å². The minimum Gasteiger partial charge on any atom is -0.347 e. The zero-order valence-electron chi connectivity index (χ0n) is 15.2. The van der Waals surface area contributed by atoms with Gasteiger partial charge in [-0.25, -0.2) is 13.2 Å². The first-order valence-corrected chi connectivity index (χ1v) is 9.06. The van der Waals surface area contributed by atoms with Crippen molar-refractivity contribution in [1.82, 2.24) is 5.32 Å². The first kappa shape index (κ1) is 18.5. The number of hydrogen-bond donors (Lipinski definition) is 2. The topological polar surface area (TPSA) is 58.2 Å². The zero-order chi connectivity index (χ0) is 20.1. The molecule has 4 nitrogen and oxygen atoms in total. The van der Waals surface area contributed by atoms with Crippen LogP contribution in [0.3, 0.4) is 0 Å². The van der Waals surface area contributed by atoms with Crippen LogP contribution in [-0.4, -0.2) is 17.4 Å². The predicted molar refractivity (Wildman–Crippen MR) is 97.0 cm³/mol. The van der Waals surface area contributed by atoms with Gasteiger partial charge in [-0.3, -0.25) is 9.59 Å². The zero-order valence-corrected chi connectivity index (χ0v) is 15.2. The molecule has 7 heteroatoms. The van der Waals surface area contributed by atoms with Gasteiger partial charge >= 0.3 is 0 Å². The Morgan fingerprint density at radius 1 is 0.964 bits per heavy atom. The Morgan fingerprint density at radius 3 is 2.21 bits per heavy atom. The van der Waals surface area contributed by atoms with Gasteiger partial charge < -0.3 is 10.6 Å². The van der Waals surface area contributed by atoms with Gasteiger partial charge in [-0.05, 0) is 67.1 Å². The van der Waals surface area contributed by atoms with Gasteiger partial charge in [0, 0.05) is 22.7 Å². The molecule has 3 fully saturated rings. The average Bonchev–Trinajstić information content (AvgIpc) is 2.60. The van der Waals surface area contributed by atoms with Crippen LogP contribution in [0.15, 0.2) is 42.5 Å². The van der Waals surface area contributed by atoms with Gasteiger partial charge in [0.15, 0.2) is 11.6 Å². The minimum atomic E-state index is -1.06. The highest BCUT2D eigenvalue weighted by atomic mass is 19.2. The molecule has 0 unspecified atom stereocenters. The second-order valence-corrected chi connectivity index (χ2v) is 7.97. The smallest absolute Gasteiger partial charge is 0.251 e. The summed E-state index contributed by atoms with van der Waals surface area (Å²) in [6, 6.07) is 8.62. The summed E-state index contributed by atoms with van der Waals surface area (Å²) in [6.07, 6.45) is 1.98. The highest BCUT2D eigenvalue weighted by Gasteiger charge is 2.71. The molecule has 0 radical (unpaired) electrons. The molecule has 0 aliphatic heterocycles. The highest BCUT2D eigenvalue weighted by Crippen LogP contribution is 2.70. The van der Waals surface area contributed by atoms with E-state index in [9.17, 15) is 22.8 Å². The molecule has 2 aromatic rings. The fraction of sp³-hybridized carbons (Fsp3) is 0.333. The molecule has 1 atom stereocenters. The Morgan fingerprint density at radius 2 is 1.61 bits per heavy atom. The third kappa shape index (κ3) is 3.04. The van der Waals surface area contributed by atoms with Crippen LogP contribution in [0.25, 0.3) is 0 Å². The Labute approximate surface area is 160 Å². The van der Waals surface area contributed by atoms with E-state index in [2.05, 4.69) is 10.6 Å². The Bertz CT molecular complexity index is 939. The van der Waals surface area contributed by atoms with Gasteiger partial charge in [0.05, 0.1) is 0 Å². The Hall–Kier alpha value is -2.83. The third-order valence-corrected chi connectivity index (χ3v) is 6.06. The summed E-state index contributed by atoms with van der Waals surface area (Å²) in [5.74, 6) is -3.29. The molecule has 2 amide bonds. The number of nitrogens with one attached hydrogen (secondary N) is 2. The summed E-state index contributed by atoms with van der Waals surface area (Å²) in [7, 11) is 0. The fourth-order valence-corrected chi connectivity index (χ4v) is 4.47. The standard InChI is InChI=1S/C21H19F3N2O2/c1-12(18(27)25-15-5-3-14(22)4-6-15)20-9-21(10-20,11-20)26-19(28)13-2-7-16(23)17(24)8-13/h2-8,12H,9-11H2,1H3,(H,25,27)(H,26,28)/t12-,20?,21?/m1/s1. The van der Waals surface area contributed by atoms with Crippen molar-refractivity contribution in [2.45, 2.75) is 31.7 Å². The molecule has 3 aliphatic carbocycles. The first-order valence-electron chi connectivity index (χ1n) is 9.06. The molecule has 28 heavy (non-hydrogen) atoms. The fourth-order valence-electron chi connectivity index (χ4n) is 4.47. The molecule has 5 rings (SSSR count).